The zero-order valence-electron chi connectivity index (χ0n) is 9.49. The van der Waals surface area contributed by atoms with Crippen molar-refractivity contribution in [3.63, 3.8) is 0 Å². The average molecular weight is 286 g/mol. The van der Waals surface area contributed by atoms with Gasteiger partial charge in [-0.3, -0.25) is 10.1 Å². The first-order chi connectivity index (χ1) is 8.44. The lowest BCUT2D eigenvalue weighted by atomic mass is 10.3. The summed E-state index contributed by atoms with van der Waals surface area (Å²) in [5.41, 5.74) is 0.408. The molecule has 0 aliphatic rings. The highest BCUT2D eigenvalue weighted by Crippen LogP contribution is 2.29. The molecule has 0 fully saturated rings. The van der Waals surface area contributed by atoms with Gasteiger partial charge in [-0.15, -0.1) is 11.3 Å². The highest BCUT2D eigenvalue weighted by atomic mass is 32.2. The van der Waals surface area contributed by atoms with Crippen LogP contribution in [0.1, 0.15) is 13.3 Å². The normalized spacial score (nSPS) is 11.8. The SMILES string of the molecule is CCCS(=O)(=O)c1nc2ccc([N+](=O)[O-])cc2s1. The van der Waals surface area contributed by atoms with Crippen LogP contribution in [0.5, 0.6) is 0 Å². The first kappa shape index (κ1) is 12.9. The zero-order valence-corrected chi connectivity index (χ0v) is 11.1. The third-order valence-corrected chi connectivity index (χ3v) is 5.70. The van der Waals surface area contributed by atoms with Crippen molar-refractivity contribution in [1.82, 2.24) is 4.98 Å². The molecule has 0 saturated carbocycles. The van der Waals surface area contributed by atoms with Crippen LogP contribution in [0.2, 0.25) is 0 Å². The molecule has 0 amide bonds. The van der Waals surface area contributed by atoms with E-state index < -0.39 is 14.8 Å². The Morgan fingerprint density at radius 1 is 1.44 bits per heavy atom. The smallest absolute Gasteiger partial charge is 0.258 e. The van der Waals surface area contributed by atoms with Crippen molar-refractivity contribution in [3.05, 3.63) is 28.3 Å². The number of aromatic nitrogens is 1. The molecule has 0 spiro atoms. The van der Waals surface area contributed by atoms with Crippen molar-refractivity contribution in [3.8, 4) is 0 Å². The molecule has 96 valence electrons. The van der Waals surface area contributed by atoms with Crippen LogP contribution in [0.3, 0.4) is 0 Å². The molecule has 1 heterocycles. The van der Waals surface area contributed by atoms with Crippen LogP contribution in [-0.4, -0.2) is 24.1 Å². The van der Waals surface area contributed by atoms with Gasteiger partial charge in [0.2, 0.25) is 14.2 Å². The second kappa shape index (κ2) is 4.62. The predicted octanol–water partition coefficient (Wildman–Crippen LogP) is 2.39. The highest BCUT2D eigenvalue weighted by molar-refractivity contribution is 7.93. The molecule has 2 rings (SSSR count). The maximum Gasteiger partial charge on any atom is 0.270 e. The molecular weight excluding hydrogens is 276 g/mol. The van der Waals surface area contributed by atoms with E-state index >= 15 is 0 Å². The average Bonchev–Trinajstić information content (AvgIpc) is 2.71. The summed E-state index contributed by atoms with van der Waals surface area (Å²) in [5, 5.41) is 10.6. The van der Waals surface area contributed by atoms with Crippen molar-refractivity contribution in [2.75, 3.05) is 5.75 Å². The Bertz CT molecular complexity index is 706. The molecule has 0 aliphatic carbocycles. The fourth-order valence-electron chi connectivity index (χ4n) is 1.49. The predicted molar refractivity (Wildman–Crippen MR) is 68.6 cm³/mol. The molecule has 0 aliphatic heterocycles. The first-order valence-electron chi connectivity index (χ1n) is 5.22. The number of nitro groups is 1. The summed E-state index contributed by atoms with van der Waals surface area (Å²) in [6.45, 7) is 1.77. The third kappa shape index (κ3) is 2.34. The number of thiazole rings is 1. The minimum absolute atomic E-state index is 0.0276. The summed E-state index contributed by atoms with van der Waals surface area (Å²) < 4.78 is 24.2. The maximum absolute atomic E-state index is 11.8. The van der Waals surface area contributed by atoms with E-state index in [-0.39, 0.29) is 15.8 Å². The molecule has 8 heteroatoms. The van der Waals surface area contributed by atoms with Crippen molar-refractivity contribution in [2.24, 2.45) is 0 Å². The number of nitrogens with zero attached hydrogens (tertiary/aromatic N) is 2. The second-order valence-electron chi connectivity index (χ2n) is 3.71. The number of nitro benzene ring substituents is 1. The standard InChI is InChI=1S/C10H10N2O4S2/c1-2-5-18(15,16)10-11-8-4-3-7(12(13)14)6-9(8)17-10/h3-4,6H,2,5H2,1H3. The van der Waals surface area contributed by atoms with E-state index in [9.17, 15) is 18.5 Å². The second-order valence-corrected chi connectivity index (χ2v) is 7.02. The van der Waals surface area contributed by atoms with Gasteiger partial charge in [0.15, 0.2) is 0 Å². The van der Waals surface area contributed by atoms with Gasteiger partial charge < -0.3 is 0 Å². The first-order valence-corrected chi connectivity index (χ1v) is 7.68. The molecular formula is C10H10N2O4S2. The molecule has 0 N–H and O–H groups in total. The largest absolute Gasteiger partial charge is 0.270 e. The Kier molecular flexibility index (Phi) is 3.31. The lowest BCUT2D eigenvalue weighted by molar-refractivity contribution is -0.384. The number of sulfone groups is 1. The van der Waals surface area contributed by atoms with Crippen LogP contribution in [0.4, 0.5) is 5.69 Å². The van der Waals surface area contributed by atoms with E-state index in [4.69, 9.17) is 0 Å². The number of fused-ring (bicyclic) bond motifs is 1. The summed E-state index contributed by atoms with van der Waals surface area (Å²) in [6, 6.07) is 4.13. The van der Waals surface area contributed by atoms with Crippen LogP contribution >= 0.6 is 11.3 Å². The molecule has 18 heavy (non-hydrogen) atoms. The molecule has 0 unspecified atom stereocenters. The van der Waals surface area contributed by atoms with Gasteiger partial charge in [0.05, 0.1) is 20.9 Å². The minimum Gasteiger partial charge on any atom is -0.258 e. The quantitative estimate of drug-likeness (QED) is 0.635. The van der Waals surface area contributed by atoms with E-state index in [0.717, 1.165) is 11.3 Å². The van der Waals surface area contributed by atoms with Crippen LogP contribution in [0, 0.1) is 10.1 Å². The lowest BCUT2D eigenvalue weighted by Gasteiger charge is -1.94. The van der Waals surface area contributed by atoms with Gasteiger partial charge >= 0.3 is 0 Å². The fraction of sp³-hybridized carbons (Fsp3) is 0.300. The summed E-state index contributed by atoms with van der Waals surface area (Å²) >= 11 is 0.972. The molecule has 0 saturated heterocycles. The molecule has 0 radical (unpaired) electrons. The van der Waals surface area contributed by atoms with E-state index in [1.54, 1.807) is 6.92 Å². The molecule has 1 aromatic carbocycles. The third-order valence-electron chi connectivity index (χ3n) is 2.30. The Labute approximate surface area is 107 Å². The van der Waals surface area contributed by atoms with Crippen molar-refractivity contribution in [2.45, 2.75) is 17.7 Å². The van der Waals surface area contributed by atoms with E-state index in [0.29, 0.717) is 16.6 Å². The number of hydrogen-bond acceptors (Lipinski definition) is 6. The molecule has 2 aromatic rings. The van der Waals surface area contributed by atoms with Crippen molar-refractivity contribution >= 4 is 37.1 Å². The topological polar surface area (TPSA) is 90.2 Å². The molecule has 0 atom stereocenters. The summed E-state index contributed by atoms with van der Waals surface area (Å²) in [7, 11) is -3.37. The number of hydrogen-bond donors (Lipinski definition) is 0. The monoisotopic (exact) mass is 286 g/mol. The highest BCUT2D eigenvalue weighted by Gasteiger charge is 2.19. The Morgan fingerprint density at radius 2 is 2.17 bits per heavy atom. The summed E-state index contributed by atoms with van der Waals surface area (Å²) in [5.74, 6) is 0.0366. The number of benzene rings is 1. The summed E-state index contributed by atoms with van der Waals surface area (Å²) in [6.07, 6.45) is 0.512. The van der Waals surface area contributed by atoms with Gasteiger partial charge in [0.25, 0.3) is 5.69 Å². The van der Waals surface area contributed by atoms with Crippen LogP contribution in [-0.2, 0) is 9.84 Å². The van der Waals surface area contributed by atoms with Gasteiger partial charge in [-0.25, -0.2) is 13.4 Å². The van der Waals surface area contributed by atoms with Gasteiger partial charge in [0.1, 0.15) is 0 Å². The van der Waals surface area contributed by atoms with Crippen molar-refractivity contribution < 1.29 is 13.3 Å². The number of rotatable bonds is 4. The minimum atomic E-state index is -3.37. The van der Waals surface area contributed by atoms with E-state index in [2.05, 4.69) is 4.98 Å². The van der Waals surface area contributed by atoms with E-state index in [1.807, 2.05) is 0 Å². The van der Waals surface area contributed by atoms with Crippen LogP contribution in [0.25, 0.3) is 10.2 Å². The van der Waals surface area contributed by atoms with Crippen LogP contribution in [0.15, 0.2) is 22.5 Å². The Hall–Kier alpha value is -1.54. The lowest BCUT2D eigenvalue weighted by Crippen LogP contribution is -2.04. The van der Waals surface area contributed by atoms with Crippen LogP contribution < -0.4 is 0 Å². The zero-order chi connectivity index (χ0) is 13.3. The molecule has 1 aromatic heterocycles. The Morgan fingerprint density at radius 3 is 2.78 bits per heavy atom. The Balaban J connectivity index is 2.54. The molecule has 0 bridgehead atoms. The van der Waals surface area contributed by atoms with E-state index in [1.165, 1.54) is 18.2 Å². The van der Waals surface area contributed by atoms with Gasteiger partial charge in [-0.05, 0) is 12.5 Å². The fourth-order valence-corrected chi connectivity index (χ4v) is 4.20. The van der Waals surface area contributed by atoms with Gasteiger partial charge in [-0.2, -0.15) is 0 Å². The molecule has 6 nitrogen and oxygen atoms in total. The number of non-ortho nitro benzene ring substituents is 1. The van der Waals surface area contributed by atoms with Crippen molar-refractivity contribution in [1.29, 1.82) is 0 Å². The summed E-state index contributed by atoms with van der Waals surface area (Å²) in [4.78, 5) is 14.1. The van der Waals surface area contributed by atoms with Gasteiger partial charge in [-0.1, -0.05) is 6.92 Å². The van der Waals surface area contributed by atoms with Gasteiger partial charge in [0, 0.05) is 12.1 Å². The maximum atomic E-state index is 11.8.